The second kappa shape index (κ2) is 10.4. The smallest absolute Gasteiger partial charge is 0.407 e. The van der Waals surface area contributed by atoms with E-state index in [0.717, 1.165) is 32.1 Å². The quantitative estimate of drug-likeness (QED) is 0.390. The standard InChI is InChI=1S/C31H55NO4/c1-8-21-25-17-20(33)11-14-31(25,7)24-12-15-30(6)22(9-10-23(30)26(24)27(21)34)19(2)13-16-36-28(35)32-18-29(3,4)5/h19-27,33-34H,8-18H2,1-7H3,(H,32,35)/t19-,20-,21-,22-,23+,24+,25+,26+,27-,30-,31-/m1/s1. The number of rotatable bonds is 6. The van der Waals surface area contributed by atoms with Crippen LogP contribution in [-0.2, 0) is 4.74 Å². The van der Waals surface area contributed by atoms with Crippen LogP contribution in [0.3, 0.4) is 0 Å². The molecule has 4 fully saturated rings. The Bertz CT molecular complexity index is 779. The highest BCUT2D eigenvalue weighted by atomic mass is 16.5. The molecule has 3 N–H and O–H groups in total. The van der Waals surface area contributed by atoms with Crippen LogP contribution in [0.25, 0.3) is 0 Å². The summed E-state index contributed by atoms with van der Waals surface area (Å²) in [7, 11) is 0. The molecule has 11 atom stereocenters. The Kier molecular flexibility index (Phi) is 8.14. The lowest BCUT2D eigenvalue weighted by molar-refractivity contribution is -0.203. The van der Waals surface area contributed by atoms with Crippen LogP contribution in [0.1, 0.15) is 106 Å². The van der Waals surface area contributed by atoms with Crippen LogP contribution in [-0.4, -0.2) is 41.7 Å². The van der Waals surface area contributed by atoms with Crippen molar-refractivity contribution < 1.29 is 19.7 Å². The van der Waals surface area contributed by atoms with Gasteiger partial charge in [-0.2, -0.15) is 0 Å². The molecule has 0 heterocycles. The molecule has 36 heavy (non-hydrogen) atoms. The molecule has 0 aromatic rings. The summed E-state index contributed by atoms with van der Waals surface area (Å²) >= 11 is 0. The molecule has 0 saturated heterocycles. The van der Waals surface area contributed by atoms with E-state index in [4.69, 9.17) is 4.74 Å². The molecule has 4 saturated carbocycles. The summed E-state index contributed by atoms with van der Waals surface area (Å²) in [5.41, 5.74) is 0.558. The molecule has 208 valence electrons. The van der Waals surface area contributed by atoms with Gasteiger partial charge >= 0.3 is 6.09 Å². The van der Waals surface area contributed by atoms with Crippen molar-refractivity contribution in [2.75, 3.05) is 13.2 Å². The molecule has 5 heteroatoms. The number of carbonyl (C=O) groups excluding carboxylic acids is 1. The summed E-state index contributed by atoms with van der Waals surface area (Å²) in [6, 6.07) is 0. The van der Waals surface area contributed by atoms with E-state index in [9.17, 15) is 15.0 Å². The Morgan fingerprint density at radius 2 is 1.69 bits per heavy atom. The molecule has 0 aromatic heterocycles. The Hall–Kier alpha value is -0.810. The number of hydrogen-bond donors (Lipinski definition) is 3. The normalized spacial score (nSPS) is 45.2. The number of nitrogens with one attached hydrogen (secondary N) is 1. The maximum absolute atomic E-state index is 12.1. The van der Waals surface area contributed by atoms with Crippen molar-refractivity contribution in [2.45, 2.75) is 118 Å². The van der Waals surface area contributed by atoms with Gasteiger partial charge in [0, 0.05) is 6.54 Å². The Morgan fingerprint density at radius 1 is 1.03 bits per heavy atom. The molecule has 0 spiro atoms. The average molecular weight is 506 g/mol. The van der Waals surface area contributed by atoms with Gasteiger partial charge in [0.15, 0.2) is 0 Å². The van der Waals surface area contributed by atoms with Gasteiger partial charge in [0.25, 0.3) is 0 Å². The zero-order valence-corrected chi connectivity index (χ0v) is 24.2. The second-order valence-electron chi connectivity index (χ2n) is 14.9. The number of amides is 1. The lowest BCUT2D eigenvalue weighted by Crippen LogP contribution is -2.62. The van der Waals surface area contributed by atoms with Gasteiger partial charge in [-0.3, -0.25) is 0 Å². The van der Waals surface area contributed by atoms with Gasteiger partial charge in [0.05, 0.1) is 18.8 Å². The Labute approximate surface area is 220 Å². The monoisotopic (exact) mass is 505 g/mol. The maximum Gasteiger partial charge on any atom is 0.407 e. The minimum Gasteiger partial charge on any atom is -0.450 e. The van der Waals surface area contributed by atoms with Gasteiger partial charge in [0.1, 0.15) is 0 Å². The van der Waals surface area contributed by atoms with Gasteiger partial charge in [-0.05, 0) is 109 Å². The molecule has 0 unspecified atom stereocenters. The zero-order valence-electron chi connectivity index (χ0n) is 24.2. The summed E-state index contributed by atoms with van der Waals surface area (Å²) in [5.74, 6) is 3.43. The van der Waals surface area contributed by atoms with Gasteiger partial charge in [-0.15, -0.1) is 0 Å². The van der Waals surface area contributed by atoms with E-state index in [-0.39, 0.29) is 34.5 Å². The maximum atomic E-state index is 12.1. The highest BCUT2D eigenvalue weighted by Gasteiger charge is 2.64. The molecule has 4 aliphatic carbocycles. The van der Waals surface area contributed by atoms with Crippen LogP contribution < -0.4 is 5.32 Å². The summed E-state index contributed by atoms with van der Waals surface area (Å²) in [5, 5.41) is 25.2. The SMILES string of the molecule is CC[C@H]1[C@@H](O)[C@@H]2[C@H](CC[C@]3(C)[C@@H]([C@H](C)CCOC(=O)NCC(C)(C)C)CC[C@@H]23)[C@@]2(C)CC[C@@H](O)C[C@@H]12. The Balaban J connectivity index is 1.42. The Morgan fingerprint density at radius 3 is 2.36 bits per heavy atom. The van der Waals surface area contributed by atoms with E-state index in [2.05, 4.69) is 53.8 Å². The van der Waals surface area contributed by atoms with Crippen molar-refractivity contribution in [2.24, 2.45) is 57.7 Å². The van der Waals surface area contributed by atoms with E-state index in [1.54, 1.807) is 0 Å². The molecule has 4 rings (SSSR count). The number of aliphatic hydroxyl groups is 2. The lowest BCUT2D eigenvalue weighted by Gasteiger charge is -2.64. The van der Waals surface area contributed by atoms with Crippen molar-refractivity contribution in [3.63, 3.8) is 0 Å². The fourth-order valence-electron chi connectivity index (χ4n) is 9.86. The molecule has 0 radical (unpaired) electrons. The van der Waals surface area contributed by atoms with Gasteiger partial charge in [-0.25, -0.2) is 4.79 Å². The lowest BCUT2D eigenvalue weighted by atomic mass is 9.41. The molecular formula is C31H55NO4. The summed E-state index contributed by atoms with van der Waals surface area (Å²) in [4.78, 5) is 12.1. The fourth-order valence-corrected chi connectivity index (χ4v) is 9.86. The number of ether oxygens (including phenoxy) is 1. The second-order valence-corrected chi connectivity index (χ2v) is 14.9. The highest BCUT2D eigenvalue weighted by Crippen LogP contribution is 2.69. The van der Waals surface area contributed by atoms with Crippen molar-refractivity contribution in [3.05, 3.63) is 0 Å². The van der Waals surface area contributed by atoms with Crippen molar-refractivity contribution in [1.29, 1.82) is 0 Å². The molecule has 1 amide bonds. The highest BCUT2D eigenvalue weighted by molar-refractivity contribution is 5.67. The van der Waals surface area contributed by atoms with Gasteiger partial charge in [0.2, 0.25) is 0 Å². The minimum atomic E-state index is -0.301. The van der Waals surface area contributed by atoms with E-state index in [1.807, 2.05) is 0 Å². The average Bonchev–Trinajstić information content (AvgIpc) is 3.16. The largest absolute Gasteiger partial charge is 0.450 e. The summed E-state index contributed by atoms with van der Waals surface area (Å²) < 4.78 is 5.54. The van der Waals surface area contributed by atoms with E-state index >= 15 is 0 Å². The first kappa shape index (κ1) is 28.2. The third-order valence-electron chi connectivity index (χ3n) is 11.7. The molecular weight excluding hydrogens is 450 g/mol. The molecule has 0 aromatic carbocycles. The fraction of sp³-hybridized carbons (Fsp3) is 0.968. The number of alkyl carbamates (subject to hydrolysis) is 1. The van der Waals surface area contributed by atoms with Gasteiger partial charge in [-0.1, -0.05) is 54.9 Å². The minimum absolute atomic E-state index is 0.0492. The van der Waals surface area contributed by atoms with Gasteiger partial charge < -0.3 is 20.3 Å². The van der Waals surface area contributed by atoms with Crippen LogP contribution in [0.15, 0.2) is 0 Å². The number of carbonyl (C=O) groups is 1. The number of fused-ring (bicyclic) bond motifs is 5. The number of aliphatic hydroxyl groups excluding tert-OH is 2. The molecule has 4 aliphatic rings. The van der Waals surface area contributed by atoms with Crippen molar-refractivity contribution in [1.82, 2.24) is 5.32 Å². The van der Waals surface area contributed by atoms with Crippen LogP contribution >= 0.6 is 0 Å². The van der Waals surface area contributed by atoms with Crippen LogP contribution in [0.2, 0.25) is 0 Å². The van der Waals surface area contributed by atoms with E-state index in [1.165, 1.54) is 25.7 Å². The van der Waals surface area contributed by atoms with Crippen LogP contribution in [0.4, 0.5) is 4.79 Å². The summed E-state index contributed by atoms with van der Waals surface area (Å²) in [6.07, 6.45) is 9.00. The number of hydrogen-bond acceptors (Lipinski definition) is 4. The summed E-state index contributed by atoms with van der Waals surface area (Å²) in [6.45, 7) is 17.0. The first-order chi connectivity index (χ1) is 16.8. The molecule has 5 nitrogen and oxygen atoms in total. The topological polar surface area (TPSA) is 78.8 Å². The molecule has 0 aliphatic heterocycles. The molecule has 0 bridgehead atoms. The van der Waals surface area contributed by atoms with E-state index in [0.29, 0.717) is 54.6 Å². The van der Waals surface area contributed by atoms with Crippen molar-refractivity contribution in [3.8, 4) is 0 Å². The first-order valence-electron chi connectivity index (χ1n) is 15.1. The van der Waals surface area contributed by atoms with Crippen molar-refractivity contribution >= 4 is 6.09 Å². The first-order valence-corrected chi connectivity index (χ1v) is 15.1. The zero-order chi connectivity index (χ0) is 26.5. The predicted molar refractivity (Wildman–Crippen MR) is 144 cm³/mol. The third kappa shape index (κ3) is 5.09. The van der Waals surface area contributed by atoms with Crippen LogP contribution in [0, 0.1) is 57.7 Å². The predicted octanol–water partition coefficient (Wildman–Crippen LogP) is 6.41. The third-order valence-corrected chi connectivity index (χ3v) is 11.7. The van der Waals surface area contributed by atoms with Crippen LogP contribution in [0.5, 0.6) is 0 Å². The van der Waals surface area contributed by atoms with E-state index < -0.39 is 0 Å².